The van der Waals surface area contributed by atoms with Crippen LogP contribution in [0.15, 0.2) is 30.3 Å². The third-order valence-electron chi connectivity index (χ3n) is 2.94. The highest BCUT2D eigenvalue weighted by Gasteiger charge is 2.18. The number of rotatable bonds is 8. The van der Waals surface area contributed by atoms with E-state index >= 15 is 0 Å². The van der Waals surface area contributed by atoms with Gasteiger partial charge in [-0.05, 0) is 18.4 Å². The Bertz CT molecular complexity index is 392. The van der Waals surface area contributed by atoms with Crippen molar-refractivity contribution in [3.8, 4) is 0 Å². The van der Waals surface area contributed by atoms with E-state index in [9.17, 15) is 9.59 Å². The number of amides is 1. The number of hydrogen-bond acceptors (Lipinski definition) is 3. The molecule has 0 spiro atoms. The van der Waals surface area contributed by atoms with Gasteiger partial charge in [-0.1, -0.05) is 50.1 Å². The molecule has 4 heteroatoms. The van der Waals surface area contributed by atoms with Gasteiger partial charge in [-0.15, -0.1) is 0 Å². The number of carbonyl (C=O) groups excluding carboxylic acids is 2. The van der Waals surface area contributed by atoms with Gasteiger partial charge in [0.25, 0.3) is 0 Å². The first-order chi connectivity index (χ1) is 9.17. The summed E-state index contributed by atoms with van der Waals surface area (Å²) in [5, 5.41) is 2.63. The summed E-state index contributed by atoms with van der Waals surface area (Å²) in [7, 11) is 0. The lowest BCUT2D eigenvalue weighted by molar-refractivity contribution is -0.122. The maximum atomic E-state index is 11.9. The van der Waals surface area contributed by atoms with Crippen molar-refractivity contribution < 1.29 is 9.59 Å². The second kappa shape index (κ2) is 8.43. The Morgan fingerprint density at radius 3 is 2.63 bits per heavy atom. The number of benzene rings is 1. The van der Waals surface area contributed by atoms with E-state index in [1.165, 1.54) is 0 Å². The van der Waals surface area contributed by atoms with Gasteiger partial charge in [0, 0.05) is 0 Å². The standard InChI is InChI=1S/C15H21N2O2/c1-2-3-9-13(11-18)17-15(19)14(16)10-12-7-5-4-6-8-12/h4-8,13-14H,2-3,9-10,16H2,1H3,(H,17,19)/t13-,14-/m0/s1. The Labute approximate surface area is 114 Å². The second-order valence-corrected chi connectivity index (χ2v) is 4.62. The number of unbranched alkanes of at least 4 members (excludes halogenated alkanes) is 1. The van der Waals surface area contributed by atoms with E-state index in [1.807, 2.05) is 43.5 Å². The molecule has 1 aromatic carbocycles. The number of nitrogens with one attached hydrogen (secondary N) is 1. The van der Waals surface area contributed by atoms with E-state index in [4.69, 9.17) is 5.73 Å². The molecule has 1 amide bonds. The zero-order chi connectivity index (χ0) is 14.1. The SMILES string of the molecule is CCCC[C@@H]([C]=O)NC(=O)[C@@H](N)Cc1ccccc1. The molecule has 0 aliphatic heterocycles. The average Bonchev–Trinajstić information content (AvgIpc) is 2.44. The Morgan fingerprint density at radius 2 is 2.05 bits per heavy atom. The van der Waals surface area contributed by atoms with E-state index in [1.54, 1.807) is 0 Å². The van der Waals surface area contributed by atoms with Crippen molar-refractivity contribution in [2.24, 2.45) is 5.73 Å². The first-order valence-corrected chi connectivity index (χ1v) is 6.65. The molecular weight excluding hydrogens is 240 g/mol. The predicted molar refractivity (Wildman–Crippen MR) is 75.3 cm³/mol. The topological polar surface area (TPSA) is 72.2 Å². The highest BCUT2D eigenvalue weighted by molar-refractivity contribution is 5.84. The molecule has 19 heavy (non-hydrogen) atoms. The molecule has 0 aliphatic rings. The highest BCUT2D eigenvalue weighted by Crippen LogP contribution is 2.03. The molecule has 0 fully saturated rings. The van der Waals surface area contributed by atoms with Gasteiger partial charge < -0.3 is 11.1 Å². The molecule has 2 atom stereocenters. The van der Waals surface area contributed by atoms with Crippen LogP contribution in [0.2, 0.25) is 0 Å². The van der Waals surface area contributed by atoms with Gasteiger partial charge in [-0.3, -0.25) is 9.59 Å². The van der Waals surface area contributed by atoms with E-state index in [-0.39, 0.29) is 5.91 Å². The van der Waals surface area contributed by atoms with Crippen LogP contribution in [0.1, 0.15) is 31.7 Å². The lowest BCUT2D eigenvalue weighted by atomic mass is 10.1. The van der Waals surface area contributed by atoms with Gasteiger partial charge in [0.15, 0.2) is 0 Å². The fourth-order valence-corrected chi connectivity index (χ4v) is 1.81. The first kappa shape index (κ1) is 15.4. The lowest BCUT2D eigenvalue weighted by Gasteiger charge is -2.16. The summed E-state index contributed by atoms with van der Waals surface area (Å²) >= 11 is 0. The molecule has 0 bridgehead atoms. The number of carbonyl (C=O) groups is 1. The zero-order valence-corrected chi connectivity index (χ0v) is 11.3. The molecule has 4 nitrogen and oxygen atoms in total. The zero-order valence-electron chi connectivity index (χ0n) is 11.3. The van der Waals surface area contributed by atoms with Crippen molar-refractivity contribution in [1.29, 1.82) is 0 Å². The molecule has 103 valence electrons. The fraction of sp³-hybridized carbons (Fsp3) is 0.467. The molecule has 0 aromatic heterocycles. The van der Waals surface area contributed by atoms with Gasteiger partial charge >= 0.3 is 0 Å². The third kappa shape index (κ3) is 5.66. The third-order valence-corrected chi connectivity index (χ3v) is 2.94. The van der Waals surface area contributed by atoms with Crippen LogP contribution >= 0.6 is 0 Å². The van der Waals surface area contributed by atoms with Crippen molar-refractivity contribution in [3.05, 3.63) is 35.9 Å². The molecule has 1 aromatic rings. The summed E-state index contributed by atoms with van der Waals surface area (Å²) < 4.78 is 0. The van der Waals surface area contributed by atoms with Gasteiger partial charge in [-0.2, -0.15) is 0 Å². The molecule has 0 saturated heterocycles. The Kier molecular flexibility index (Phi) is 6.82. The minimum atomic E-state index is -0.639. The quantitative estimate of drug-likeness (QED) is 0.741. The van der Waals surface area contributed by atoms with Gasteiger partial charge in [0.05, 0.1) is 12.1 Å². The van der Waals surface area contributed by atoms with Gasteiger partial charge in [0.2, 0.25) is 12.2 Å². The van der Waals surface area contributed by atoms with Gasteiger partial charge in [0.1, 0.15) is 0 Å². The van der Waals surface area contributed by atoms with Crippen molar-refractivity contribution in [3.63, 3.8) is 0 Å². The van der Waals surface area contributed by atoms with Crippen LogP contribution < -0.4 is 11.1 Å². The summed E-state index contributed by atoms with van der Waals surface area (Å²) in [4.78, 5) is 22.6. The fourth-order valence-electron chi connectivity index (χ4n) is 1.81. The molecule has 0 unspecified atom stereocenters. The average molecular weight is 261 g/mol. The molecule has 0 aliphatic carbocycles. The van der Waals surface area contributed by atoms with Crippen LogP contribution in [0.4, 0.5) is 0 Å². The van der Waals surface area contributed by atoms with E-state index in [0.29, 0.717) is 12.8 Å². The van der Waals surface area contributed by atoms with Crippen LogP contribution in [0.25, 0.3) is 0 Å². The largest absolute Gasteiger partial charge is 0.344 e. The smallest absolute Gasteiger partial charge is 0.237 e. The van der Waals surface area contributed by atoms with Crippen LogP contribution in [-0.2, 0) is 16.0 Å². The summed E-state index contributed by atoms with van der Waals surface area (Å²) in [6, 6.07) is 8.39. The highest BCUT2D eigenvalue weighted by atomic mass is 16.2. The summed E-state index contributed by atoms with van der Waals surface area (Å²) in [6.45, 7) is 2.03. The number of nitrogens with two attached hydrogens (primary N) is 1. The van der Waals surface area contributed by atoms with E-state index in [2.05, 4.69) is 5.32 Å². The molecule has 0 saturated carbocycles. The normalized spacial score (nSPS) is 13.6. The Morgan fingerprint density at radius 1 is 1.37 bits per heavy atom. The van der Waals surface area contributed by atoms with E-state index in [0.717, 1.165) is 18.4 Å². The minimum Gasteiger partial charge on any atom is -0.344 e. The molecule has 1 radical (unpaired) electrons. The summed E-state index contributed by atoms with van der Waals surface area (Å²) in [5.74, 6) is -0.298. The van der Waals surface area contributed by atoms with Gasteiger partial charge in [-0.25, -0.2) is 0 Å². The molecule has 0 heterocycles. The predicted octanol–water partition coefficient (Wildman–Crippen LogP) is 1.34. The van der Waals surface area contributed by atoms with Crippen molar-refractivity contribution >= 4 is 12.2 Å². The first-order valence-electron chi connectivity index (χ1n) is 6.65. The van der Waals surface area contributed by atoms with Crippen molar-refractivity contribution in [1.82, 2.24) is 5.32 Å². The molecular formula is C15H21N2O2. The van der Waals surface area contributed by atoms with Crippen molar-refractivity contribution in [2.45, 2.75) is 44.7 Å². The monoisotopic (exact) mass is 261 g/mol. The van der Waals surface area contributed by atoms with Crippen LogP contribution in [0.3, 0.4) is 0 Å². The molecule has 3 N–H and O–H groups in total. The van der Waals surface area contributed by atoms with Crippen molar-refractivity contribution in [2.75, 3.05) is 0 Å². The number of hydrogen-bond donors (Lipinski definition) is 2. The molecule has 1 rings (SSSR count). The van der Waals surface area contributed by atoms with Crippen LogP contribution in [0, 0.1) is 0 Å². The van der Waals surface area contributed by atoms with E-state index < -0.39 is 12.1 Å². The second-order valence-electron chi connectivity index (χ2n) is 4.62. The Balaban J connectivity index is 2.45. The van der Waals surface area contributed by atoms with Crippen LogP contribution in [0.5, 0.6) is 0 Å². The maximum Gasteiger partial charge on any atom is 0.237 e. The lowest BCUT2D eigenvalue weighted by Crippen LogP contribution is -2.47. The van der Waals surface area contributed by atoms with Crippen LogP contribution in [-0.4, -0.2) is 24.3 Å². The minimum absolute atomic E-state index is 0.298. The summed E-state index contributed by atoms with van der Waals surface area (Å²) in [5.41, 5.74) is 6.84. The summed E-state index contributed by atoms with van der Waals surface area (Å²) in [6.07, 6.45) is 4.79. The maximum absolute atomic E-state index is 11.9. The Hall–Kier alpha value is -1.68.